The van der Waals surface area contributed by atoms with Gasteiger partial charge in [0.15, 0.2) is 0 Å². The Labute approximate surface area is 141 Å². The van der Waals surface area contributed by atoms with Gasteiger partial charge in [0.05, 0.1) is 11.0 Å². The minimum atomic E-state index is -0.0827. The predicted molar refractivity (Wildman–Crippen MR) is 94.5 cm³/mol. The molecule has 3 rings (SSSR count). The molecule has 3 aromatic rings. The highest BCUT2D eigenvalue weighted by Crippen LogP contribution is 2.23. The highest BCUT2D eigenvalue weighted by molar-refractivity contribution is 5.94. The smallest absolute Gasteiger partial charge is 0.251 e. The van der Waals surface area contributed by atoms with Crippen LogP contribution in [0.3, 0.4) is 0 Å². The van der Waals surface area contributed by atoms with Gasteiger partial charge in [-0.15, -0.1) is 0 Å². The average Bonchev–Trinajstić information content (AvgIpc) is 2.98. The molecular weight excluding hydrogens is 302 g/mol. The molecule has 0 spiro atoms. The van der Waals surface area contributed by atoms with Gasteiger partial charge in [-0.3, -0.25) is 9.36 Å². The van der Waals surface area contributed by atoms with Crippen molar-refractivity contribution in [3.63, 3.8) is 0 Å². The lowest BCUT2D eigenvalue weighted by Gasteiger charge is -2.11. The van der Waals surface area contributed by atoms with Crippen molar-refractivity contribution in [1.82, 2.24) is 14.9 Å². The van der Waals surface area contributed by atoms with Crippen LogP contribution in [-0.4, -0.2) is 33.7 Å². The Bertz CT molecular complexity index is 855. The number of aliphatic hydroxyl groups excluding tert-OH is 1. The molecule has 124 valence electrons. The van der Waals surface area contributed by atoms with Crippen LogP contribution in [0.1, 0.15) is 29.5 Å². The molecule has 0 saturated heterocycles. The van der Waals surface area contributed by atoms with Crippen molar-refractivity contribution in [2.75, 3.05) is 13.2 Å². The summed E-state index contributed by atoms with van der Waals surface area (Å²) in [6.45, 7) is 2.62. The normalized spacial score (nSPS) is 10.9. The number of hydrogen-bond acceptors (Lipinski definition) is 3. The number of carbonyl (C=O) groups is 1. The summed E-state index contributed by atoms with van der Waals surface area (Å²) in [5.74, 6) is 0.805. The average molecular weight is 323 g/mol. The van der Waals surface area contributed by atoms with Gasteiger partial charge in [0.1, 0.15) is 5.82 Å². The fraction of sp³-hybridized carbons (Fsp3) is 0.263. The van der Waals surface area contributed by atoms with E-state index in [0.29, 0.717) is 24.9 Å². The van der Waals surface area contributed by atoms with Crippen molar-refractivity contribution < 1.29 is 9.90 Å². The molecule has 1 heterocycles. The third-order valence-corrected chi connectivity index (χ3v) is 3.89. The quantitative estimate of drug-likeness (QED) is 0.733. The molecule has 0 atom stereocenters. The van der Waals surface area contributed by atoms with Crippen LogP contribution in [-0.2, 0) is 6.42 Å². The lowest BCUT2D eigenvalue weighted by Crippen LogP contribution is -2.22. The first kappa shape index (κ1) is 16.2. The second-order valence-corrected chi connectivity index (χ2v) is 5.59. The number of hydrogen-bond donors (Lipinski definition) is 2. The number of para-hydroxylation sites is 2. The third kappa shape index (κ3) is 3.16. The first-order valence-corrected chi connectivity index (χ1v) is 8.20. The Hall–Kier alpha value is -2.66. The van der Waals surface area contributed by atoms with E-state index < -0.39 is 0 Å². The number of rotatable bonds is 6. The molecule has 0 saturated carbocycles. The maximum Gasteiger partial charge on any atom is 0.251 e. The molecular formula is C19H21N3O2. The fourth-order valence-electron chi connectivity index (χ4n) is 2.82. The van der Waals surface area contributed by atoms with Crippen LogP contribution in [0.5, 0.6) is 0 Å². The highest BCUT2D eigenvalue weighted by Gasteiger charge is 2.13. The number of aromatic nitrogens is 2. The standard InChI is InChI=1S/C19H21N3O2/c1-2-20-19(24)14-7-5-8-15(13-14)22-17-10-4-3-9-16(17)21-18(22)11-6-12-23/h3-5,7-10,13,23H,2,6,11-12H2,1H3,(H,20,24). The minimum Gasteiger partial charge on any atom is -0.396 e. The molecule has 24 heavy (non-hydrogen) atoms. The number of aliphatic hydroxyl groups is 1. The van der Waals surface area contributed by atoms with Crippen molar-refractivity contribution >= 4 is 16.9 Å². The van der Waals surface area contributed by atoms with E-state index in [4.69, 9.17) is 5.11 Å². The molecule has 0 radical (unpaired) electrons. The van der Waals surface area contributed by atoms with Gasteiger partial charge in [-0.25, -0.2) is 4.98 Å². The largest absolute Gasteiger partial charge is 0.396 e. The molecule has 1 amide bonds. The predicted octanol–water partition coefficient (Wildman–Crippen LogP) is 2.70. The molecule has 0 aliphatic carbocycles. The van der Waals surface area contributed by atoms with Gasteiger partial charge in [0.2, 0.25) is 0 Å². The molecule has 2 N–H and O–H groups in total. The Morgan fingerprint density at radius 2 is 2.04 bits per heavy atom. The minimum absolute atomic E-state index is 0.0827. The fourth-order valence-corrected chi connectivity index (χ4v) is 2.82. The van der Waals surface area contributed by atoms with E-state index >= 15 is 0 Å². The summed E-state index contributed by atoms with van der Waals surface area (Å²) in [6, 6.07) is 15.5. The number of aryl methyl sites for hydroxylation is 1. The van der Waals surface area contributed by atoms with Crippen LogP contribution in [0.2, 0.25) is 0 Å². The number of benzene rings is 2. The second kappa shape index (κ2) is 7.27. The van der Waals surface area contributed by atoms with E-state index in [9.17, 15) is 4.79 Å². The summed E-state index contributed by atoms with van der Waals surface area (Å²) < 4.78 is 2.06. The van der Waals surface area contributed by atoms with Crippen LogP contribution >= 0.6 is 0 Å². The van der Waals surface area contributed by atoms with Crippen molar-refractivity contribution in [3.05, 3.63) is 59.9 Å². The summed E-state index contributed by atoms with van der Waals surface area (Å²) >= 11 is 0. The zero-order chi connectivity index (χ0) is 16.9. The summed E-state index contributed by atoms with van der Waals surface area (Å²) in [7, 11) is 0. The Morgan fingerprint density at radius 3 is 2.83 bits per heavy atom. The topological polar surface area (TPSA) is 67.2 Å². The molecule has 2 aromatic carbocycles. The number of amides is 1. The maximum absolute atomic E-state index is 12.1. The molecule has 0 unspecified atom stereocenters. The van der Waals surface area contributed by atoms with Gasteiger partial charge in [-0.2, -0.15) is 0 Å². The monoisotopic (exact) mass is 323 g/mol. The second-order valence-electron chi connectivity index (χ2n) is 5.59. The van der Waals surface area contributed by atoms with E-state index in [-0.39, 0.29) is 12.5 Å². The number of carbonyl (C=O) groups excluding carboxylic acids is 1. The summed E-state index contributed by atoms with van der Waals surface area (Å²) in [4.78, 5) is 16.8. The van der Waals surface area contributed by atoms with Crippen molar-refractivity contribution in [1.29, 1.82) is 0 Å². The lowest BCUT2D eigenvalue weighted by atomic mass is 10.1. The van der Waals surface area contributed by atoms with E-state index in [1.807, 2.05) is 49.4 Å². The number of nitrogens with zero attached hydrogens (tertiary/aromatic N) is 2. The van der Waals surface area contributed by atoms with E-state index in [0.717, 1.165) is 22.5 Å². The number of imidazole rings is 1. The van der Waals surface area contributed by atoms with Gasteiger partial charge in [-0.1, -0.05) is 18.2 Å². The van der Waals surface area contributed by atoms with Crippen molar-refractivity contribution in [2.45, 2.75) is 19.8 Å². The Kier molecular flexibility index (Phi) is 4.91. The van der Waals surface area contributed by atoms with Gasteiger partial charge in [0.25, 0.3) is 5.91 Å². The Morgan fingerprint density at radius 1 is 1.21 bits per heavy atom. The van der Waals surface area contributed by atoms with E-state index in [1.165, 1.54) is 0 Å². The highest BCUT2D eigenvalue weighted by atomic mass is 16.2. The first-order valence-electron chi connectivity index (χ1n) is 8.20. The van der Waals surface area contributed by atoms with Gasteiger partial charge < -0.3 is 10.4 Å². The SMILES string of the molecule is CCNC(=O)c1cccc(-n2c(CCCO)nc3ccccc32)c1. The molecule has 0 bridgehead atoms. The molecule has 0 aliphatic rings. The van der Waals surface area contributed by atoms with Crippen LogP contribution < -0.4 is 5.32 Å². The number of nitrogens with one attached hydrogen (secondary N) is 1. The maximum atomic E-state index is 12.1. The molecule has 0 aliphatic heterocycles. The lowest BCUT2D eigenvalue weighted by molar-refractivity contribution is 0.0956. The summed E-state index contributed by atoms with van der Waals surface area (Å²) in [5, 5.41) is 12.0. The van der Waals surface area contributed by atoms with Gasteiger partial charge in [0, 0.05) is 30.8 Å². The zero-order valence-corrected chi connectivity index (χ0v) is 13.7. The first-order chi connectivity index (χ1) is 11.7. The number of fused-ring (bicyclic) bond motifs is 1. The Balaban J connectivity index is 2.10. The molecule has 5 nitrogen and oxygen atoms in total. The summed E-state index contributed by atoms with van der Waals surface area (Å²) in [6.07, 6.45) is 1.33. The van der Waals surface area contributed by atoms with Gasteiger partial charge >= 0.3 is 0 Å². The zero-order valence-electron chi connectivity index (χ0n) is 13.7. The summed E-state index contributed by atoms with van der Waals surface area (Å²) in [5.41, 5.74) is 3.44. The van der Waals surface area contributed by atoms with Crippen LogP contribution in [0.25, 0.3) is 16.7 Å². The van der Waals surface area contributed by atoms with Crippen molar-refractivity contribution in [3.8, 4) is 5.69 Å². The van der Waals surface area contributed by atoms with Gasteiger partial charge in [-0.05, 0) is 43.7 Å². The van der Waals surface area contributed by atoms with Crippen molar-refractivity contribution in [2.24, 2.45) is 0 Å². The van der Waals surface area contributed by atoms with E-state index in [2.05, 4.69) is 14.9 Å². The van der Waals surface area contributed by atoms with Crippen LogP contribution in [0.4, 0.5) is 0 Å². The van der Waals surface area contributed by atoms with Crippen LogP contribution in [0.15, 0.2) is 48.5 Å². The van der Waals surface area contributed by atoms with E-state index in [1.54, 1.807) is 6.07 Å². The molecule has 0 fully saturated rings. The van der Waals surface area contributed by atoms with Crippen LogP contribution in [0, 0.1) is 0 Å². The molecule has 1 aromatic heterocycles. The molecule has 5 heteroatoms. The third-order valence-electron chi connectivity index (χ3n) is 3.89.